The monoisotopic (exact) mass is 263 g/mol. The molecule has 96 valence electrons. The first-order valence-corrected chi connectivity index (χ1v) is 6.18. The number of benzene rings is 1. The molecule has 1 nitrogen and oxygen atoms in total. The lowest BCUT2D eigenvalue weighted by Gasteiger charge is -2.19. The van der Waals surface area contributed by atoms with Crippen LogP contribution in [0, 0.1) is 0 Å². The lowest BCUT2D eigenvalue weighted by molar-refractivity contribution is -0.138. The maximum Gasteiger partial charge on any atom is 0.416 e. The highest BCUT2D eigenvalue weighted by Gasteiger charge is 2.33. The van der Waals surface area contributed by atoms with E-state index in [1.54, 1.807) is 0 Å². The van der Waals surface area contributed by atoms with Crippen LogP contribution in [-0.2, 0) is 11.9 Å². The molecule has 17 heavy (non-hydrogen) atoms. The van der Waals surface area contributed by atoms with E-state index in [-0.39, 0.29) is 16.0 Å². The van der Waals surface area contributed by atoms with E-state index in [4.69, 9.17) is 5.73 Å². The first-order valence-electron chi connectivity index (χ1n) is 5.19. The Balaban J connectivity index is 2.99. The standard InChI is InChI=1S/C12H16F3NS/c1-11(2,3)17-7-8-4-5-9(16)6-10(8)12(13,14)15/h4-6H,7,16H2,1-3H3. The zero-order chi connectivity index (χ0) is 13.3. The molecule has 0 aliphatic carbocycles. The molecule has 5 heteroatoms. The van der Waals surface area contributed by atoms with Crippen LogP contribution in [0.4, 0.5) is 18.9 Å². The summed E-state index contributed by atoms with van der Waals surface area (Å²) in [5.41, 5.74) is 5.19. The largest absolute Gasteiger partial charge is 0.416 e. The first kappa shape index (κ1) is 14.2. The van der Waals surface area contributed by atoms with Crippen molar-refractivity contribution < 1.29 is 13.2 Å². The quantitative estimate of drug-likeness (QED) is 0.804. The minimum atomic E-state index is -4.34. The molecule has 0 spiro atoms. The van der Waals surface area contributed by atoms with Crippen LogP contribution in [0.3, 0.4) is 0 Å². The number of nitrogen functional groups attached to an aromatic ring is 1. The summed E-state index contributed by atoms with van der Waals surface area (Å²) < 4.78 is 38.3. The predicted octanol–water partition coefficient (Wildman–Crippen LogP) is 4.32. The fourth-order valence-corrected chi connectivity index (χ4v) is 2.12. The van der Waals surface area contributed by atoms with Crippen molar-refractivity contribution >= 4 is 17.4 Å². The number of hydrogen-bond donors (Lipinski definition) is 1. The molecule has 0 aliphatic rings. The van der Waals surface area contributed by atoms with Crippen molar-refractivity contribution in [3.63, 3.8) is 0 Å². The highest BCUT2D eigenvalue weighted by Crippen LogP contribution is 2.36. The lowest BCUT2D eigenvalue weighted by Crippen LogP contribution is -2.12. The number of thioether (sulfide) groups is 1. The van der Waals surface area contributed by atoms with Crippen molar-refractivity contribution in [2.24, 2.45) is 0 Å². The molecule has 0 aliphatic heterocycles. The van der Waals surface area contributed by atoms with E-state index in [9.17, 15) is 13.2 Å². The molecule has 2 N–H and O–H groups in total. The van der Waals surface area contributed by atoms with Crippen molar-refractivity contribution in [3.8, 4) is 0 Å². The molecule has 1 aromatic carbocycles. The summed E-state index contributed by atoms with van der Waals surface area (Å²) >= 11 is 1.48. The molecule has 0 aromatic heterocycles. The second-order valence-electron chi connectivity index (χ2n) is 4.82. The average Bonchev–Trinajstić information content (AvgIpc) is 2.13. The number of nitrogens with two attached hydrogens (primary N) is 1. The Bertz CT molecular complexity index is 394. The summed E-state index contributed by atoms with van der Waals surface area (Å²) in [4.78, 5) is 0. The number of anilines is 1. The molecular formula is C12H16F3NS. The van der Waals surface area contributed by atoms with E-state index in [1.165, 1.54) is 23.9 Å². The van der Waals surface area contributed by atoms with Gasteiger partial charge in [0, 0.05) is 16.2 Å². The molecule has 0 atom stereocenters. The van der Waals surface area contributed by atoms with Gasteiger partial charge < -0.3 is 5.73 Å². The maximum absolute atomic E-state index is 12.8. The summed E-state index contributed by atoms with van der Waals surface area (Å²) in [6.07, 6.45) is -4.34. The van der Waals surface area contributed by atoms with E-state index < -0.39 is 11.7 Å². The van der Waals surface area contributed by atoms with Gasteiger partial charge in [-0.15, -0.1) is 0 Å². The van der Waals surface area contributed by atoms with Gasteiger partial charge in [-0.1, -0.05) is 26.8 Å². The van der Waals surface area contributed by atoms with E-state index in [0.717, 1.165) is 6.07 Å². The van der Waals surface area contributed by atoms with Crippen LogP contribution in [0.5, 0.6) is 0 Å². The predicted molar refractivity (Wildman–Crippen MR) is 66.9 cm³/mol. The Morgan fingerprint density at radius 1 is 1.18 bits per heavy atom. The molecular weight excluding hydrogens is 247 g/mol. The topological polar surface area (TPSA) is 26.0 Å². The fourth-order valence-electron chi connectivity index (χ4n) is 1.28. The minimum absolute atomic E-state index is 0.0652. The summed E-state index contributed by atoms with van der Waals surface area (Å²) in [7, 11) is 0. The summed E-state index contributed by atoms with van der Waals surface area (Å²) in [6.45, 7) is 5.92. The zero-order valence-electron chi connectivity index (χ0n) is 10.1. The Morgan fingerprint density at radius 3 is 2.24 bits per heavy atom. The third-order valence-corrected chi connectivity index (χ3v) is 3.42. The maximum atomic E-state index is 12.8. The van der Waals surface area contributed by atoms with Crippen molar-refractivity contribution in [2.45, 2.75) is 37.4 Å². The third-order valence-electron chi connectivity index (χ3n) is 2.10. The smallest absolute Gasteiger partial charge is 0.399 e. The SMILES string of the molecule is CC(C)(C)SCc1ccc(N)cc1C(F)(F)F. The van der Waals surface area contributed by atoms with Gasteiger partial charge in [-0.25, -0.2) is 0 Å². The second-order valence-corrected chi connectivity index (χ2v) is 6.62. The van der Waals surface area contributed by atoms with Gasteiger partial charge >= 0.3 is 6.18 Å². The van der Waals surface area contributed by atoms with Crippen LogP contribution in [0.1, 0.15) is 31.9 Å². The number of halogens is 3. The zero-order valence-corrected chi connectivity index (χ0v) is 10.9. The van der Waals surface area contributed by atoms with Gasteiger partial charge in [-0.2, -0.15) is 24.9 Å². The Hall–Kier alpha value is -0.840. The van der Waals surface area contributed by atoms with Crippen molar-refractivity contribution in [1.82, 2.24) is 0 Å². The van der Waals surface area contributed by atoms with Crippen LogP contribution in [-0.4, -0.2) is 4.75 Å². The molecule has 0 saturated heterocycles. The first-order chi connectivity index (χ1) is 7.59. The van der Waals surface area contributed by atoms with E-state index in [1.807, 2.05) is 20.8 Å². The van der Waals surface area contributed by atoms with Gasteiger partial charge in [0.15, 0.2) is 0 Å². The van der Waals surface area contributed by atoms with E-state index in [2.05, 4.69) is 0 Å². The molecule has 0 saturated carbocycles. The van der Waals surface area contributed by atoms with E-state index in [0.29, 0.717) is 5.75 Å². The normalized spacial score (nSPS) is 12.8. The third kappa shape index (κ3) is 4.50. The van der Waals surface area contributed by atoms with Crippen LogP contribution in [0.2, 0.25) is 0 Å². The van der Waals surface area contributed by atoms with Crippen molar-refractivity contribution in [3.05, 3.63) is 29.3 Å². The Labute approximate surface area is 104 Å². The Kier molecular flexibility index (Phi) is 4.02. The molecule has 0 fully saturated rings. The summed E-state index contributed by atoms with van der Waals surface area (Å²) in [5, 5.41) is 0. The Morgan fingerprint density at radius 2 is 1.76 bits per heavy atom. The van der Waals surface area contributed by atoms with Crippen molar-refractivity contribution in [2.75, 3.05) is 5.73 Å². The van der Waals surface area contributed by atoms with Gasteiger partial charge in [0.05, 0.1) is 5.56 Å². The fraction of sp³-hybridized carbons (Fsp3) is 0.500. The summed E-state index contributed by atoms with van der Waals surface area (Å²) in [6, 6.07) is 3.96. The van der Waals surface area contributed by atoms with Gasteiger partial charge in [-0.3, -0.25) is 0 Å². The highest BCUT2D eigenvalue weighted by molar-refractivity contribution is 7.99. The summed E-state index contributed by atoms with van der Waals surface area (Å²) in [5.74, 6) is 0.332. The van der Waals surface area contributed by atoms with Crippen LogP contribution in [0.15, 0.2) is 18.2 Å². The highest BCUT2D eigenvalue weighted by atomic mass is 32.2. The molecule has 0 heterocycles. The number of alkyl halides is 3. The molecule has 0 amide bonds. The second kappa shape index (κ2) is 4.80. The lowest BCUT2D eigenvalue weighted by atomic mass is 10.1. The molecule has 1 aromatic rings. The van der Waals surface area contributed by atoms with Crippen molar-refractivity contribution in [1.29, 1.82) is 0 Å². The molecule has 0 unspecified atom stereocenters. The van der Waals surface area contributed by atoms with Gasteiger partial charge in [-0.05, 0) is 17.7 Å². The van der Waals surface area contributed by atoms with Crippen LogP contribution in [0.25, 0.3) is 0 Å². The van der Waals surface area contributed by atoms with Gasteiger partial charge in [0.2, 0.25) is 0 Å². The van der Waals surface area contributed by atoms with Gasteiger partial charge in [0.1, 0.15) is 0 Å². The number of rotatable bonds is 2. The molecule has 0 radical (unpaired) electrons. The molecule has 1 rings (SSSR count). The average molecular weight is 263 g/mol. The van der Waals surface area contributed by atoms with Crippen LogP contribution < -0.4 is 5.73 Å². The van der Waals surface area contributed by atoms with Gasteiger partial charge in [0.25, 0.3) is 0 Å². The van der Waals surface area contributed by atoms with E-state index >= 15 is 0 Å². The number of hydrogen-bond acceptors (Lipinski definition) is 2. The van der Waals surface area contributed by atoms with Crippen LogP contribution >= 0.6 is 11.8 Å². The minimum Gasteiger partial charge on any atom is -0.399 e. The molecule has 0 bridgehead atoms.